The average molecular weight is 255 g/mol. The van der Waals surface area contributed by atoms with Crippen molar-refractivity contribution in [3.63, 3.8) is 0 Å². The molecule has 0 radical (unpaired) electrons. The molecule has 0 unspecified atom stereocenters. The van der Waals surface area contributed by atoms with E-state index in [0.29, 0.717) is 5.57 Å². The molecule has 1 aromatic rings. The van der Waals surface area contributed by atoms with Gasteiger partial charge in [0.05, 0.1) is 6.42 Å². The Morgan fingerprint density at radius 1 is 1.57 bits per heavy atom. The summed E-state index contributed by atoms with van der Waals surface area (Å²) in [6.07, 6.45) is -0.0166. The summed E-state index contributed by atoms with van der Waals surface area (Å²) in [7, 11) is 0. The summed E-state index contributed by atoms with van der Waals surface area (Å²) in [5, 5.41) is 8.63. The summed E-state index contributed by atoms with van der Waals surface area (Å²) in [6, 6.07) is 5.75. The molecule has 0 atom stereocenters. The maximum atomic E-state index is 10.5. The van der Waals surface area contributed by atoms with Gasteiger partial charge in [-0.3, -0.25) is 4.79 Å². The highest BCUT2D eigenvalue weighted by Gasteiger charge is 2.07. The van der Waals surface area contributed by atoms with E-state index in [0.717, 1.165) is 15.6 Å². The van der Waals surface area contributed by atoms with E-state index < -0.39 is 5.97 Å². The second-order valence-corrected chi connectivity index (χ2v) is 4.05. The number of carbonyl (C=O) groups is 1. The van der Waals surface area contributed by atoms with Gasteiger partial charge in [0, 0.05) is 4.47 Å². The van der Waals surface area contributed by atoms with Gasteiger partial charge in [-0.1, -0.05) is 28.6 Å². The number of aryl methyl sites for hydroxylation is 1. The van der Waals surface area contributed by atoms with Gasteiger partial charge in [0.25, 0.3) is 0 Å². The molecule has 0 aliphatic carbocycles. The summed E-state index contributed by atoms with van der Waals surface area (Å²) in [6.45, 7) is 5.70. The van der Waals surface area contributed by atoms with Crippen LogP contribution in [0.3, 0.4) is 0 Å². The van der Waals surface area contributed by atoms with Crippen LogP contribution in [0.5, 0.6) is 0 Å². The van der Waals surface area contributed by atoms with Crippen molar-refractivity contribution in [3.05, 3.63) is 40.4 Å². The molecule has 0 aliphatic rings. The van der Waals surface area contributed by atoms with Crippen LogP contribution in [0.25, 0.3) is 5.57 Å². The van der Waals surface area contributed by atoms with Gasteiger partial charge in [-0.05, 0) is 35.8 Å². The zero-order valence-corrected chi connectivity index (χ0v) is 9.47. The summed E-state index contributed by atoms with van der Waals surface area (Å²) < 4.78 is 0.935. The number of carboxylic acid groups (broad SMARTS) is 1. The summed E-state index contributed by atoms with van der Waals surface area (Å²) in [4.78, 5) is 10.5. The second kappa shape index (κ2) is 4.42. The standard InChI is InChI=1S/C11H11BrO2/c1-7-3-4-9(12)6-10(7)8(2)5-11(13)14/h3-4,6H,2,5H2,1H3,(H,13,14). The first kappa shape index (κ1) is 11.0. The lowest BCUT2D eigenvalue weighted by atomic mass is 10.00. The fourth-order valence-corrected chi connectivity index (χ4v) is 1.61. The normalized spacial score (nSPS) is 9.86. The van der Waals surface area contributed by atoms with Crippen LogP contribution in [0.1, 0.15) is 17.5 Å². The molecule has 0 aromatic heterocycles. The first-order valence-electron chi connectivity index (χ1n) is 4.17. The number of hydrogen-bond acceptors (Lipinski definition) is 1. The fraction of sp³-hybridized carbons (Fsp3) is 0.182. The number of hydrogen-bond donors (Lipinski definition) is 1. The number of benzene rings is 1. The van der Waals surface area contributed by atoms with E-state index in [1.165, 1.54) is 0 Å². The highest BCUT2D eigenvalue weighted by molar-refractivity contribution is 9.10. The molecular formula is C11H11BrO2. The lowest BCUT2D eigenvalue weighted by Crippen LogP contribution is -1.97. The molecule has 1 N–H and O–H groups in total. The van der Waals surface area contributed by atoms with Gasteiger partial charge < -0.3 is 5.11 Å². The van der Waals surface area contributed by atoms with Gasteiger partial charge in [0.15, 0.2) is 0 Å². The van der Waals surface area contributed by atoms with Gasteiger partial charge in [0.1, 0.15) is 0 Å². The highest BCUT2D eigenvalue weighted by Crippen LogP contribution is 2.23. The lowest BCUT2D eigenvalue weighted by molar-refractivity contribution is -0.135. The molecule has 3 heteroatoms. The zero-order chi connectivity index (χ0) is 10.7. The Morgan fingerprint density at radius 3 is 2.79 bits per heavy atom. The maximum absolute atomic E-state index is 10.5. The van der Waals surface area contributed by atoms with Crippen molar-refractivity contribution < 1.29 is 9.90 Å². The topological polar surface area (TPSA) is 37.3 Å². The van der Waals surface area contributed by atoms with Crippen LogP contribution in [0.15, 0.2) is 29.3 Å². The van der Waals surface area contributed by atoms with Gasteiger partial charge in [-0.15, -0.1) is 0 Å². The van der Waals surface area contributed by atoms with Crippen molar-refractivity contribution in [1.82, 2.24) is 0 Å². The average Bonchev–Trinajstić information content (AvgIpc) is 2.08. The fourth-order valence-electron chi connectivity index (χ4n) is 1.25. The van der Waals surface area contributed by atoms with Crippen molar-refractivity contribution in [2.45, 2.75) is 13.3 Å². The van der Waals surface area contributed by atoms with E-state index in [9.17, 15) is 4.79 Å². The minimum absolute atomic E-state index is 0.0166. The van der Waals surface area contributed by atoms with E-state index >= 15 is 0 Å². The second-order valence-electron chi connectivity index (χ2n) is 3.13. The Bertz CT molecular complexity index is 383. The number of rotatable bonds is 3. The minimum Gasteiger partial charge on any atom is -0.481 e. The zero-order valence-electron chi connectivity index (χ0n) is 7.88. The predicted molar refractivity (Wildman–Crippen MR) is 60.2 cm³/mol. The van der Waals surface area contributed by atoms with E-state index in [-0.39, 0.29) is 6.42 Å². The number of halogens is 1. The molecule has 0 amide bonds. The monoisotopic (exact) mass is 254 g/mol. The Balaban J connectivity index is 3.00. The quantitative estimate of drug-likeness (QED) is 0.900. The van der Waals surface area contributed by atoms with Crippen LogP contribution in [0.4, 0.5) is 0 Å². The van der Waals surface area contributed by atoms with Gasteiger partial charge in [0.2, 0.25) is 0 Å². The van der Waals surface area contributed by atoms with Crippen molar-refractivity contribution in [1.29, 1.82) is 0 Å². The lowest BCUT2D eigenvalue weighted by Gasteiger charge is -2.07. The molecular weight excluding hydrogens is 244 g/mol. The molecule has 0 fully saturated rings. The largest absolute Gasteiger partial charge is 0.481 e. The highest BCUT2D eigenvalue weighted by atomic mass is 79.9. The summed E-state index contributed by atoms with van der Waals surface area (Å²) in [5.41, 5.74) is 2.58. The minimum atomic E-state index is -0.852. The van der Waals surface area contributed by atoms with E-state index in [2.05, 4.69) is 22.5 Å². The third-order valence-corrected chi connectivity index (χ3v) is 2.44. The third kappa shape index (κ3) is 2.70. The Morgan fingerprint density at radius 2 is 2.21 bits per heavy atom. The van der Waals surface area contributed by atoms with Crippen LogP contribution in [0.2, 0.25) is 0 Å². The van der Waals surface area contributed by atoms with Crippen LogP contribution < -0.4 is 0 Å². The molecule has 1 aromatic carbocycles. The molecule has 0 spiro atoms. The molecule has 14 heavy (non-hydrogen) atoms. The molecule has 0 heterocycles. The molecule has 2 nitrogen and oxygen atoms in total. The van der Waals surface area contributed by atoms with E-state index in [1.807, 2.05) is 25.1 Å². The Hall–Kier alpha value is -1.09. The van der Waals surface area contributed by atoms with E-state index in [4.69, 9.17) is 5.11 Å². The Kier molecular flexibility index (Phi) is 3.47. The third-order valence-electron chi connectivity index (χ3n) is 1.95. The van der Waals surface area contributed by atoms with Crippen molar-refractivity contribution >= 4 is 27.5 Å². The van der Waals surface area contributed by atoms with Crippen LogP contribution >= 0.6 is 15.9 Å². The molecule has 1 rings (SSSR count). The molecule has 0 aliphatic heterocycles. The smallest absolute Gasteiger partial charge is 0.307 e. The molecule has 0 saturated carbocycles. The van der Waals surface area contributed by atoms with Crippen molar-refractivity contribution in [2.75, 3.05) is 0 Å². The number of aliphatic carboxylic acids is 1. The van der Waals surface area contributed by atoms with Crippen molar-refractivity contribution in [3.8, 4) is 0 Å². The van der Waals surface area contributed by atoms with Crippen molar-refractivity contribution in [2.24, 2.45) is 0 Å². The van der Waals surface area contributed by atoms with Gasteiger partial charge in [-0.2, -0.15) is 0 Å². The molecule has 0 bridgehead atoms. The van der Waals surface area contributed by atoms with Gasteiger partial charge >= 0.3 is 5.97 Å². The van der Waals surface area contributed by atoms with Gasteiger partial charge in [-0.25, -0.2) is 0 Å². The number of carboxylic acids is 1. The van der Waals surface area contributed by atoms with Crippen LogP contribution in [-0.2, 0) is 4.79 Å². The van der Waals surface area contributed by atoms with Crippen LogP contribution in [-0.4, -0.2) is 11.1 Å². The maximum Gasteiger partial charge on any atom is 0.307 e. The molecule has 74 valence electrons. The first-order chi connectivity index (χ1) is 6.50. The predicted octanol–water partition coefficient (Wildman–Crippen LogP) is 3.25. The first-order valence-corrected chi connectivity index (χ1v) is 4.96. The SMILES string of the molecule is C=C(CC(=O)O)c1cc(Br)ccc1C. The summed E-state index contributed by atoms with van der Waals surface area (Å²) >= 11 is 3.34. The van der Waals surface area contributed by atoms with E-state index in [1.54, 1.807) is 0 Å². The van der Waals surface area contributed by atoms with Crippen LogP contribution in [0, 0.1) is 6.92 Å². The summed E-state index contributed by atoms with van der Waals surface area (Å²) in [5.74, 6) is -0.852. The molecule has 0 saturated heterocycles. The Labute approximate surface area is 91.4 Å².